The Hall–Kier alpha value is -4.11. The standard InChI is InChI=1S/C24H21N5O3S/c1-14-20(23(31)26-17-9-3-4-10-18(17)32-2)21(15-7-5-8-16(30)13-15)29-24(25-14)27-22(28-29)19-11-6-12-33-19/h3-13,21,30H,1-2H3,(H,26,31)(H,25,27,28)/t21-/m1/s1. The molecule has 0 saturated heterocycles. The fraction of sp³-hybridized carbons (Fsp3) is 0.125. The summed E-state index contributed by atoms with van der Waals surface area (Å²) in [6.07, 6.45) is 0. The van der Waals surface area contributed by atoms with E-state index in [-0.39, 0.29) is 11.7 Å². The summed E-state index contributed by atoms with van der Waals surface area (Å²) in [7, 11) is 1.56. The van der Waals surface area contributed by atoms with Gasteiger partial charge in [0.1, 0.15) is 17.5 Å². The van der Waals surface area contributed by atoms with Crippen LogP contribution in [0.5, 0.6) is 11.5 Å². The van der Waals surface area contributed by atoms with E-state index in [2.05, 4.69) is 15.6 Å². The molecule has 0 bridgehead atoms. The lowest BCUT2D eigenvalue weighted by atomic mass is 9.95. The lowest BCUT2D eigenvalue weighted by Gasteiger charge is -2.28. The summed E-state index contributed by atoms with van der Waals surface area (Å²) in [5, 5.41) is 23.0. The Morgan fingerprint density at radius 1 is 1.18 bits per heavy atom. The number of nitrogens with one attached hydrogen (secondary N) is 2. The van der Waals surface area contributed by atoms with Crippen LogP contribution < -0.4 is 15.4 Å². The van der Waals surface area contributed by atoms with Gasteiger partial charge in [0.15, 0.2) is 5.82 Å². The van der Waals surface area contributed by atoms with Crippen LogP contribution in [0.15, 0.2) is 77.3 Å². The second-order valence-corrected chi connectivity index (χ2v) is 8.44. The van der Waals surface area contributed by atoms with Crippen LogP contribution in [-0.2, 0) is 4.79 Å². The number of benzene rings is 2. The Morgan fingerprint density at radius 2 is 2.03 bits per heavy atom. The van der Waals surface area contributed by atoms with Gasteiger partial charge in [-0.3, -0.25) is 4.79 Å². The Bertz CT molecular complexity index is 1360. The van der Waals surface area contributed by atoms with Gasteiger partial charge in [0.2, 0.25) is 5.95 Å². The molecule has 1 aliphatic rings. The fourth-order valence-electron chi connectivity index (χ4n) is 3.90. The van der Waals surface area contributed by atoms with E-state index in [1.807, 2.05) is 42.6 Å². The van der Waals surface area contributed by atoms with Crippen LogP contribution in [0.3, 0.4) is 0 Å². The average molecular weight is 460 g/mol. The largest absolute Gasteiger partial charge is 0.508 e. The highest BCUT2D eigenvalue weighted by Gasteiger charge is 2.35. The van der Waals surface area contributed by atoms with Crippen LogP contribution in [0.1, 0.15) is 18.5 Å². The number of para-hydroxylation sites is 2. The molecule has 2 aromatic heterocycles. The molecule has 0 aliphatic carbocycles. The number of nitrogens with zero attached hydrogens (tertiary/aromatic N) is 3. The quantitative estimate of drug-likeness (QED) is 0.402. The van der Waals surface area contributed by atoms with Gasteiger partial charge in [-0.05, 0) is 48.2 Å². The van der Waals surface area contributed by atoms with E-state index < -0.39 is 6.04 Å². The normalized spacial score (nSPS) is 15.0. The van der Waals surface area contributed by atoms with Crippen LogP contribution in [-0.4, -0.2) is 32.9 Å². The van der Waals surface area contributed by atoms with Crippen molar-refractivity contribution in [1.82, 2.24) is 14.8 Å². The summed E-state index contributed by atoms with van der Waals surface area (Å²) in [4.78, 5) is 19.1. The maximum absolute atomic E-state index is 13.6. The second kappa shape index (κ2) is 8.44. The highest BCUT2D eigenvalue weighted by molar-refractivity contribution is 7.13. The van der Waals surface area contributed by atoms with Crippen molar-refractivity contribution in [2.45, 2.75) is 13.0 Å². The number of ether oxygens (including phenoxy) is 1. The number of allylic oxidation sites excluding steroid dienone is 1. The van der Waals surface area contributed by atoms with Crippen molar-refractivity contribution in [3.63, 3.8) is 0 Å². The summed E-state index contributed by atoms with van der Waals surface area (Å²) in [6.45, 7) is 1.83. The first kappa shape index (κ1) is 20.8. The predicted octanol–water partition coefficient (Wildman–Crippen LogP) is 4.65. The monoisotopic (exact) mass is 459 g/mol. The number of phenols is 1. The predicted molar refractivity (Wildman–Crippen MR) is 128 cm³/mol. The van der Waals surface area contributed by atoms with Crippen LogP contribution in [0.25, 0.3) is 10.7 Å². The number of methoxy groups -OCH3 is 1. The number of aromatic hydroxyl groups is 1. The van der Waals surface area contributed by atoms with Crippen LogP contribution in [0.4, 0.5) is 11.6 Å². The van der Waals surface area contributed by atoms with Gasteiger partial charge in [0, 0.05) is 5.70 Å². The number of carbonyl (C=O) groups is 1. The van der Waals surface area contributed by atoms with Crippen molar-refractivity contribution in [1.29, 1.82) is 0 Å². The zero-order chi connectivity index (χ0) is 22.9. The highest BCUT2D eigenvalue weighted by atomic mass is 32.1. The molecule has 3 N–H and O–H groups in total. The molecular weight excluding hydrogens is 438 g/mol. The zero-order valence-corrected chi connectivity index (χ0v) is 18.8. The molecule has 0 saturated carbocycles. The smallest absolute Gasteiger partial charge is 0.255 e. The number of rotatable bonds is 5. The molecule has 3 heterocycles. The van der Waals surface area contributed by atoms with Crippen molar-refractivity contribution in [3.05, 3.63) is 82.9 Å². The third kappa shape index (κ3) is 3.83. The van der Waals surface area contributed by atoms with Crippen LogP contribution in [0, 0.1) is 0 Å². The number of phenolic OH excluding ortho intramolecular Hbond substituents is 1. The highest BCUT2D eigenvalue weighted by Crippen LogP contribution is 2.38. The van der Waals surface area contributed by atoms with E-state index in [0.29, 0.717) is 40.0 Å². The molecular formula is C24H21N5O3S. The van der Waals surface area contributed by atoms with Crippen molar-refractivity contribution in [2.24, 2.45) is 0 Å². The Morgan fingerprint density at radius 3 is 2.79 bits per heavy atom. The molecule has 33 heavy (non-hydrogen) atoms. The third-order valence-corrected chi connectivity index (χ3v) is 6.25. The summed E-state index contributed by atoms with van der Waals surface area (Å²) < 4.78 is 7.07. The lowest BCUT2D eigenvalue weighted by Crippen LogP contribution is -2.31. The maximum Gasteiger partial charge on any atom is 0.255 e. The molecule has 0 radical (unpaired) electrons. The van der Waals surface area contributed by atoms with Gasteiger partial charge in [-0.15, -0.1) is 16.4 Å². The van der Waals surface area contributed by atoms with Crippen molar-refractivity contribution >= 4 is 28.9 Å². The number of anilines is 2. The number of thiophene rings is 1. The van der Waals surface area contributed by atoms with Gasteiger partial charge in [-0.1, -0.05) is 30.3 Å². The molecule has 5 rings (SSSR count). The van der Waals surface area contributed by atoms with E-state index in [9.17, 15) is 9.90 Å². The number of hydrogen-bond donors (Lipinski definition) is 3. The molecule has 2 aromatic carbocycles. The number of carbonyl (C=O) groups excluding carboxylic acids is 1. The fourth-order valence-corrected chi connectivity index (χ4v) is 4.55. The first-order valence-corrected chi connectivity index (χ1v) is 11.1. The molecule has 1 amide bonds. The number of fused-ring (bicyclic) bond motifs is 1. The molecule has 0 spiro atoms. The number of amides is 1. The summed E-state index contributed by atoms with van der Waals surface area (Å²) >= 11 is 1.54. The first-order chi connectivity index (χ1) is 16.0. The van der Waals surface area contributed by atoms with Crippen molar-refractivity contribution in [3.8, 4) is 22.2 Å². The van der Waals surface area contributed by atoms with Crippen molar-refractivity contribution in [2.75, 3.05) is 17.7 Å². The number of aromatic nitrogens is 3. The third-order valence-electron chi connectivity index (χ3n) is 5.38. The topological polar surface area (TPSA) is 101 Å². The molecule has 9 heteroatoms. The van der Waals surface area contributed by atoms with E-state index in [4.69, 9.17) is 9.84 Å². The van der Waals surface area contributed by atoms with Gasteiger partial charge < -0.3 is 20.5 Å². The summed E-state index contributed by atoms with van der Waals surface area (Å²) in [5.74, 6) is 1.45. The second-order valence-electron chi connectivity index (χ2n) is 7.50. The summed E-state index contributed by atoms with van der Waals surface area (Å²) in [5.41, 5.74) is 2.38. The molecule has 4 aromatic rings. The Balaban J connectivity index is 1.61. The molecule has 0 fully saturated rings. The molecule has 1 aliphatic heterocycles. The SMILES string of the molecule is COc1ccccc1NC(=O)C1=C(C)Nc2nc(-c3cccs3)nn2[C@@H]1c1cccc(O)c1. The Labute approximate surface area is 194 Å². The van der Waals surface area contributed by atoms with Crippen LogP contribution in [0.2, 0.25) is 0 Å². The zero-order valence-electron chi connectivity index (χ0n) is 17.9. The van der Waals surface area contributed by atoms with Gasteiger partial charge in [0.05, 0.1) is 23.2 Å². The van der Waals surface area contributed by atoms with Gasteiger partial charge in [0.25, 0.3) is 5.91 Å². The first-order valence-electron chi connectivity index (χ1n) is 10.3. The van der Waals surface area contributed by atoms with E-state index >= 15 is 0 Å². The maximum atomic E-state index is 13.6. The minimum Gasteiger partial charge on any atom is -0.508 e. The minimum atomic E-state index is -0.593. The molecule has 8 nitrogen and oxygen atoms in total. The van der Waals surface area contributed by atoms with Gasteiger partial charge in [-0.25, -0.2) is 4.68 Å². The van der Waals surface area contributed by atoms with E-state index in [1.165, 1.54) is 11.3 Å². The minimum absolute atomic E-state index is 0.105. The molecule has 1 atom stereocenters. The van der Waals surface area contributed by atoms with Gasteiger partial charge in [-0.2, -0.15) is 4.98 Å². The average Bonchev–Trinajstić information content (AvgIpc) is 3.48. The van der Waals surface area contributed by atoms with E-state index in [1.54, 1.807) is 42.1 Å². The van der Waals surface area contributed by atoms with Crippen molar-refractivity contribution < 1.29 is 14.6 Å². The van der Waals surface area contributed by atoms with E-state index in [0.717, 1.165) is 4.88 Å². The molecule has 166 valence electrons. The Kier molecular flexibility index (Phi) is 5.31. The molecule has 0 unspecified atom stereocenters. The van der Waals surface area contributed by atoms with Gasteiger partial charge >= 0.3 is 0 Å². The summed E-state index contributed by atoms with van der Waals surface area (Å²) in [6, 6.07) is 17.4. The van der Waals surface area contributed by atoms with Crippen LogP contribution >= 0.6 is 11.3 Å². The number of hydrogen-bond acceptors (Lipinski definition) is 7. The lowest BCUT2D eigenvalue weighted by molar-refractivity contribution is -0.113.